The SMILES string of the molecule is CC(NCCS(=O)(=O)c1ccccc1Cl)C1CCCO1. The van der Waals surface area contributed by atoms with E-state index in [-0.39, 0.29) is 27.8 Å². The van der Waals surface area contributed by atoms with Gasteiger partial charge in [0.2, 0.25) is 0 Å². The van der Waals surface area contributed by atoms with Crippen LogP contribution in [0, 0.1) is 0 Å². The van der Waals surface area contributed by atoms with E-state index in [9.17, 15) is 8.42 Å². The van der Waals surface area contributed by atoms with Crippen molar-refractivity contribution >= 4 is 21.4 Å². The number of sulfone groups is 1. The maximum atomic E-state index is 12.2. The average Bonchev–Trinajstić information content (AvgIpc) is 2.92. The molecule has 2 atom stereocenters. The fraction of sp³-hybridized carbons (Fsp3) is 0.571. The largest absolute Gasteiger partial charge is 0.377 e. The minimum Gasteiger partial charge on any atom is -0.377 e. The van der Waals surface area contributed by atoms with E-state index in [1.165, 1.54) is 0 Å². The van der Waals surface area contributed by atoms with Gasteiger partial charge in [-0.1, -0.05) is 23.7 Å². The van der Waals surface area contributed by atoms with Crippen LogP contribution < -0.4 is 5.32 Å². The average molecular weight is 318 g/mol. The van der Waals surface area contributed by atoms with Crippen molar-refractivity contribution in [2.45, 2.75) is 36.8 Å². The lowest BCUT2D eigenvalue weighted by Crippen LogP contribution is -2.39. The Morgan fingerprint density at radius 1 is 1.45 bits per heavy atom. The molecule has 6 heteroatoms. The zero-order valence-electron chi connectivity index (χ0n) is 11.5. The molecule has 1 heterocycles. The van der Waals surface area contributed by atoms with Gasteiger partial charge in [0.1, 0.15) is 0 Å². The van der Waals surface area contributed by atoms with Crippen LogP contribution in [0.15, 0.2) is 29.2 Å². The summed E-state index contributed by atoms with van der Waals surface area (Å²) in [6, 6.07) is 6.71. The molecule has 0 amide bonds. The summed E-state index contributed by atoms with van der Waals surface area (Å²) in [4.78, 5) is 0.202. The molecule has 1 aromatic rings. The zero-order valence-corrected chi connectivity index (χ0v) is 13.1. The first-order chi connectivity index (χ1) is 9.50. The molecule has 0 spiro atoms. The number of halogens is 1. The highest BCUT2D eigenvalue weighted by atomic mass is 35.5. The third-order valence-electron chi connectivity index (χ3n) is 3.53. The molecule has 112 valence electrons. The van der Waals surface area contributed by atoms with Crippen molar-refractivity contribution in [3.05, 3.63) is 29.3 Å². The maximum Gasteiger partial charge on any atom is 0.181 e. The van der Waals surface area contributed by atoms with Gasteiger partial charge in [0, 0.05) is 19.2 Å². The van der Waals surface area contributed by atoms with E-state index in [1.54, 1.807) is 24.3 Å². The third kappa shape index (κ3) is 3.95. The van der Waals surface area contributed by atoms with Gasteiger partial charge in [-0.05, 0) is 31.9 Å². The molecule has 1 fully saturated rings. The predicted molar refractivity (Wildman–Crippen MR) is 79.9 cm³/mol. The van der Waals surface area contributed by atoms with E-state index >= 15 is 0 Å². The summed E-state index contributed by atoms with van der Waals surface area (Å²) in [6.07, 6.45) is 2.30. The fourth-order valence-corrected chi connectivity index (χ4v) is 4.10. The van der Waals surface area contributed by atoms with Crippen LogP contribution in [0.5, 0.6) is 0 Å². The number of benzene rings is 1. The lowest BCUT2D eigenvalue weighted by molar-refractivity contribution is 0.0844. The summed E-state index contributed by atoms with van der Waals surface area (Å²) in [5.74, 6) is 0.0355. The van der Waals surface area contributed by atoms with Crippen LogP contribution in [-0.2, 0) is 14.6 Å². The predicted octanol–water partition coefficient (Wildman–Crippen LogP) is 2.27. The molecule has 0 radical (unpaired) electrons. The Morgan fingerprint density at radius 2 is 2.20 bits per heavy atom. The smallest absolute Gasteiger partial charge is 0.181 e. The van der Waals surface area contributed by atoms with Crippen molar-refractivity contribution in [1.82, 2.24) is 5.32 Å². The zero-order chi connectivity index (χ0) is 14.6. The van der Waals surface area contributed by atoms with Crippen molar-refractivity contribution in [1.29, 1.82) is 0 Å². The first kappa shape index (κ1) is 15.8. The quantitative estimate of drug-likeness (QED) is 0.874. The summed E-state index contributed by atoms with van der Waals surface area (Å²) >= 11 is 5.93. The first-order valence-electron chi connectivity index (χ1n) is 6.83. The fourth-order valence-electron chi connectivity index (χ4n) is 2.36. The summed E-state index contributed by atoms with van der Waals surface area (Å²) in [6.45, 7) is 3.22. The highest BCUT2D eigenvalue weighted by Gasteiger charge is 2.23. The molecular formula is C14H20ClNO3S. The highest BCUT2D eigenvalue weighted by molar-refractivity contribution is 7.91. The number of rotatable bonds is 6. The van der Waals surface area contributed by atoms with Gasteiger partial charge in [-0.15, -0.1) is 0 Å². The highest BCUT2D eigenvalue weighted by Crippen LogP contribution is 2.21. The van der Waals surface area contributed by atoms with Crippen LogP contribution in [0.1, 0.15) is 19.8 Å². The Labute approximate surface area is 125 Å². The van der Waals surface area contributed by atoms with Gasteiger partial charge < -0.3 is 10.1 Å². The maximum absolute atomic E-state index is 12.2. The van der Waals surface area contributed by atoms with E-state index in [0.717, 1.165) is 19.4 Å². The third-order valence-corrected chi connectivity index (χ3v) is 5.74. The summed E-state index contributed by atoms with van der Waals surface area (Å²) in [5, 5.41) is 3.50. The Kier molecular flexibility index (Phi) is 5.43. The van der Waals surface area contributed by atoms with Gasteiger partial charge >= 0.3 is 0 Å². The van der Waals surface area contributed by atoms with E-state index in [1.807, 2.05) is 6.92 Å². The Balaban J connectivity index is 1.88. The number of hydrogen-bond acceptors (Lipinski definition) is 4. The summed E-state index contributed by atoms with van der Waals surface area (Å²) in [7, 11) is -3.35. The molecule has 1 aliphatic heterocycles. The van der Waals surface area contributed by atoms with Gasteiger partial charge in [0.15, 0.2) is 9.84 Å². The second kappa shape index (κ2) is 6.89. The number of nitrogens with one attached hydrogen (secondary N) is 1. The lowest BCUT2D eigenvalue weighted by atomic mass is 10.1. The van der Waals surface area contributed by atoms with E-state index in [2.05, 4.69) is 5.32 Å². The van der Waals surface area contributed by atoms with Crippen LogP contribution in [-0.4, -0.2) is 39.5 Å². The first-order valence-corrected chi connectivity index (χ1v) is 8.86. The Morgan fingerprint density at radius 3 is 2.85 bits per heavy atom. The van der Waals surface area contributed by atoms with Crippen LogP contribution in [0.25, 0.3) is 0 Å². The van der Waals surface area contributed by atoms with Gasteiger partial charge in [-0.25, -0.2) is 8.42 Å². The molecular weight excluding hydrogens is 298 g/mol. The van der Waals surface area contributed by atoms with Crippen molar-refractivity contribution in [2.75, 3.05) is 18.9 Å². The standard InChI is InChI=1S/C14H20ClNO3S/c1-11(13-6-4-9-19-13)16-8-10-20(17,18)14-7-3-2-5-12(14)15/h2-3,5,7,11,13,16H,4,6,8-10H2,1H3. The normalized spacial score (nSPS) is 21.0. The van der Waals surface area contributed by atoms with Crippen molar-refractivity contribution in [3.63, 3.8) is 0 Å². The minimum atomic E-state index is -3.35. The molecule has 1 aromatic carbocycles. The molecule has 2 unspecified atom stereocenters. The molecule has 0 saturated carbocycles. The Bertz CT molecular complexity index is 541. The second-order valence-corrected chi connectivity index (χ2v) is 7.53. The van der Waals surface area contributed by atoms with Gasteiger partial charge in [0.05, 0.1) is 21.8 Å². The topological polar surface area (TPSA) is 55.4 Å². The molecule has 4 nitrogen and oxygen atoms in total. The Hall–Kier alpha value is -0.620. The summed E-state index contributed by atoms with van der Waals surface area (Å²) in [5.41, 5.74) is 0. The minimum absolute atomic E-state index is 0.0355. The second-order valence-electron chi connectivity index (χ2n) is 5.04. The molecule has 0 aromatic heterocycles. The number of hydrogen-bond donors (Lipinski definition) is 1. The van der Waals surface area contributed by atoms with Crippen LogP contribution in [0.2, 0.25) is 5.02 Å². The van der Waals surface area contributed by atoms with Crippen molar-refractivity contribution in [3.8, 4) is 0 Å². The van der Waals surface area contributed by atoms with E-state index in [4.69, 9.17) is 16.3 Å². The van der Waals surface area contributed by atoms with Crippen LogP contribution >= 0.6 is 11.6 Å². The van der Waals surface area contributed by atoms with Crippen molar-refractivity contribution in [2.24, 2.45) is 0 Å². The molecule has 1 saturated heterocycles. The van der Waals surface area contributed by atoms with E-state index < -0.39 is 9.84 Å². The number of ether oxygens (including phenoxy) is 1. The van der Waals surface area contributed by atoms with Crippen molar-refractivity contribution < 1.29 is 13.2 Å². The molecule has 2 rings (SSSR count). The van der Waals surface area contributed by atoms with Gasteiger partial charge in [-0.3, -0.25) is 0 Å². The van der Waals surface area contributed by atoms with Gasteiger partial charge in [-0.2, -0.15) is 0 Å². The van der Waals surface area contributed by atoms with Crippen LogP contribution in [0.3, 0.4) is 0 Å². The molecule has 20 heavy (non-hydrogen) atoms. The summed E-state index contributed by atoms with van der Waals surface area (Å²) < 4.78 is 30.0. The molecule has 0 aliphatic carbocycles. The monoisotopic (exact) mass is 317 g/mol. The van der Waals surface area contributed by atoms with Gasteiger partial charge in [0.25, 0.3) is 0 Å². The molecule has 1 N–H and O–H groups in total. The molecule has 1 aliphatic rings. The lowest BCUT2D eigenvalue weighted by Gasteiger charge is -2.20. The van der Waals surface area contributed by atoms with E-state index in [0.29, 0.717) is 6.54 Å². The van der Waals surface area contributed by atoms with Crippen LogP contribution in [0.4, 0.5) is 0 Å². The molecule has 0 bridgehead atoms.